The number of carboxylic acids is 1. The first kappa shape index (κ1) is 19.2. The summed E-state index contributed by atoms with van der Waals surface area (Å²) in [7, 11) is 0. The van der Waals surface area contributed by atoms with Gasteiger partial charge in [-0.2, -0.15) is 0 Å². The van der Waals surface area contributed by atoms with E-state index in [1.165, 1.54) is 12.1 Å². The van der Waals surface area contributed by atoms with Crippen molar-refractivity contribution in [1.82, 2.24) is 5.32 Å². The van der Waals surface area contributed by atoms with E-state index in [1.54, 1.807) is 12.1 Å². The minimum atomic E-state index is -1.15. The first-order valence-electron chi connectivity index (χ1n) is 7.11. The standard InChI is InChI=1S/C17H14Cl2N2O3S/c1-8-3-4-10(5-9(8)2)15(22)21-17(25)20-14-12(18)6-11(16(23)24)7-13(14)19/h3-7H,1-2H3,(H,23,24)(H2,20,21,22,25). The van der Waals surface area contributed by atoms with Gasteiger partial charge in [-0.05, 0) is 61.5 Å². The van der Waals surface area contributed by atoms with Crippen LogP contribution in [0.1, 0.15) is 31.8 Å². The summed E-state index contributed by atoms with van der Waals surface area (Å²) in [5.74, 6) is -1.53. The number of carboxylic acid groups (broad SMARTS) is 1. The third-order valence-electron chi connectivity index (χ3n) is 3.52. The molecule has 5 nitrogen and oxygen atoms in total. The molecule has 25 heavy (non-hydrogen) atoms. The van der Waals surface area contributed by atoms with Crippen molar-refractivity contribution in [2.45, 2.75) is 13.8 Å². The molecule has 0 saturated carbocycles. The van der Waals surface area contributed by atoms with Gasteiger partial charge < -0.3 is 10.4 Å². The number of hydrogen-bond donors (Lipinski definition) is 3. The van der Waals surface area contributed by atoms with E-state index < -0.39 is 5.97 Å². The van der Waals surface area contributed by atoms with Crippen LogP contribution >= 0.6 is 35.4 Å². The molecule has 0 unspecified atom stereocenters. The predicted octanol–water partition coefficient (Wildman–Crippen LogP) is 4.44. The van der Waals surface area contributed by atoms with Crippen molar-refractivity contribution >= 4 is 58.1 Å². The number of rotatable bonds is 3. The molecule has 0 aliphatic carbocycles. The normalized spacial score (nSPS) is 10.2. The summed E-state index contributed by atoms with van der Waals surface area (Å²) in [5, 5.41) is 14.4. The number of benzene rings is 2. The number of thiocarbonyl (C=S) groups is 1. The molecule has 0 atom stereocenters. The summed E-state index contributed by atoms with van der Waals surface area (Å²) in [4.78, 5) is 23.2. The number of hydrogen-bond acceptors (Lipinski definition) is 3. The van der Waals surface area contributed by atoms with E-state index in [2.05, 4.69) is 10.6 Å². The Morgan fingerprint density at radius 3 is 2.12 bits per heavy atom. The molecule has 0 saturated heterocycles. The van der Waals surface area contributed by atoms with Crippen LogP contribution in [0.3, 0.4) is 0 Å². The maximum absolute atomic E-state index is 12.2. The van der Waals surface area contributed by atoms with E-state index in [1.807, 2.05) is 19.9 Å². The minimum Gasteiger partial charge on any atom is -0.478 e. The molecular formula is C17H14Cl2N2O3S. The van der Waals surface area contributed by atoms with Gasteiger partial charge >= 0.3 is 5.97 Å². The number of carbonyl (C=O) groups excluding carboxylic acids is 1. The lowest BCUT2D eigenvalue weighted by Crippen LogP contribution is -2.34. The molecule has 0 aromatic heterocycles. The van der Waals surface area contributed by atoms with Gasteiger partial charge in [0.2, 0.25) is 0 Å². The molecule has 0 fully saturated rings. The Kier molecular flexibility index (Phi) is 6.00. The number of aryl methyl sites for hydroxylation is 2. The fourth-order valence-corrected chi connectivity index (χ4v) is 2.80. The summed E-state index contributed by atoms with van der Waals surface area (Å²) < 4.78 is 0. The van der Waals surface area contributed by atoms with Gasteiger partial charge in [0.15, 0.2) is 5.11 Å². The molecule has 130 valence electrons. The van der Waals surface area contributed by atoms with Gasteiger partial charge in [-0.25, -0.2) is 4.79 Å². The lowest BCUT2D eigenvalue weighted by atomic mass is 10.1. The molecule has 8 heteroatoms. The second kappa shape index (κ2) is 7.82. The highest BCUT2D eigenvalue weighted by molar-refractivity contribution is 7.80. The molecule has 0 spiro atoms. The Morgan fingerprint density at radius 2 is 1.60 bits per heavy atom. The predicted molar refractivity (Wildman–Crippen MR) is 103 cm³/mol. The number of nitrogens with one attached hydrogen (secondary N) is 2. The molecule has 2 rings (SSSR count). The lowest BCUT2D eigenvalue weighted by molar-refractivity contribution is 0.0696. The van der Waals surface area contributed by atoms with Crippen LogP contribution in [0.15, 0.2) is 30.3 Å². The number of aromatic carboxylic acids is 1. The molecule has 0 aliphatic heterocycles. The zero-order valence-corrected chi connectivity index (χ0v) is 15.6. The zero-order valence-electron chi connectivity index (χ0n) is 13.3. The molecule has 0 radical (unpaired) electrons. The fraction of sp³-hybridized carbons (Fsp3) is 0.118. The second-order valence-electron chi connectivity index (χ2n) is 5.33. The van der Waals surface area contributed by atoms with E-state index in [0.717, 1.165) is 11.1 Å². The van der Waals surface area contributed by atoms with Gasteiger partial charge in [0.05, 0.1) is 21.3 Å². The average molecular weight is 397 g/mol. The van der Waals surface area contributed by atoms with Crippen LogP contribution in [0.4, 0.5) is 5.69 Å². The molecule has 1 amide bonds. The average Bonchev–Trinajstić information content (AvgIpc) is 2.53. The van der Waals surface area contributed by atoms with Crippen LogP contribution < -0.4 is 10.6 Å². The third-order valence-corrected chi connectivity index (χ3v) is 4.32. The van der Waals surface area contributed by atoms with E-state index in [0.29, 0.717) is 5.56 Å². The highest BCUT2D eigenvalue weighted by Crippen LogP contribution is 2.31. The van der Waals surface area contributed by atoms with Crippen LogP contribution in [-0.4, -0.2) is 22.1 Å². The van der Waals surface area contributed by atoms with Crippen molar-refractivity contribution < 1.29 is 14.7 Å². The van der Waals surface area contributed by atoms with Crippen LogP contribution in [-0.2, 0) is 0 Å². The fourth-order valence-electron chi connectivity index (χ4n) is 2.02. The number of amides is 1. The second-order valence-corrected chi connectivity index (χ2v) is 6.55. The highest BCUT2D eigenvalue weighted by Gasteiger charge is 2.15. The van der Waals surface area contributed by atoms with Crippen molar-refractivity contribution in [1.29, 1.82) is 0 Å². The number of carbonyl (C=O) groups is 2. The Morgan fingerprint density at radius 1 is 1.00 bits per heavy atom. The van der Waals surface area contributed by atoms with Crippen molar-refractivity contribution in [3.05, 3.63) is 62.6 Å². The van der Waals surface area contributed by atoms with Gasteiger partial charge in [-0.3, -0.25) is 10.1 Å². The molecule has 0 heterocycles. The van der Waals surface area contributed by atoms with Crippen LogP contribution in [0.2, 0.25) is 10.0 Å². The molecule has 3 N–H and O–H groups in total. The topological polar surface area (TPSA) is 78.4 Å². The number of halogens is 2. The summed E-state index contributed by atoms with van der Waals surface area (Å²) >= 11 is 17.2. The van der Waals surface area contributed by atoms with E-state index in [9.17, 15) is 9.59 Å². The summed E-state index contributed by atoms with van der Waals surface area (Å²) in [6.45, 7) is 3.86. The van der Waals surface area contributed by atoms with E-state index >= 15 is 0 Å². The van der Waals surface area contributed by atoms with E-state index in [-0.39, 0.29) is 32.3 Å². The van der Waals surface area contributed by atoms with Gasteiger partial charge in [0, 0.05) is 5.56 Å². The molecular weight excluding hydrogens is 383 g/mol. The van der Waals surface area contributed by atoms with Gasteiger partial charge in [0.1, 0.15) is 0 Å². The quantitative estimate of drug-likeness (QED) is 0.668. The summed E-state index contributed by atoms with van der Waals surface area (Å²) in [6, 6.07) is 7.79. The third kappa shape index (κ3) is 4.69. The maximum atomic E-state index is 12.2. The lowest BCUT2D eigenvalue weighted by Gasteiger charge is -2.13. The minimum absolute atomic E-state index is 0.00453. The summed E-state index contributed by atoms with van der Waals surface area (Å²) in [6.07, 6.45) is 0. The molecule has 0 bridgehead atoms. The molecule has 0 aliphatic rings. The molecule has 2 aromatic carbocycles. The smallest absolute Gasteiger partial charge is 0.335 e. The van der Waals surface area contributed by atoms with Gasteiger partial charge in [-0.15, -0.1) is 0 Å². The number of anilines is 1. The molecule has 2 aromatic rings. The van der Waals surface area contributed by atoms with Crippen LogP contribution in [0.25, 0.3) is 0 Å². The van der Waals surface area contributed by atoms with Crippen molar-refractivity contribution in [2.24, 2.45) is 0 Å². The van der Waals surface area contributed by atoms with Crippen molar-refractivity contribution in [3.63, 3.8) is 0 Å². The van der Waals surface area contributed by atoms with Crippen LogP contribution in [0, 0.1) is 13.8 Å². The first-order valence-corrected chi connectivity index (χ1v) is 8.27. The Labute approximate surface area is 159 Å². The van der Waals surface area contributed by atoms with E-state index in [4.69, 9.17) is 40.5 Å². The first-order chi connectivity index (χ1) is 11.7. The SMILES string of the molecule is Cc1ccc(C(=O)NC(=S)Nc2c(Cl)cc(C(=O)O)cc2Cl)cc1C. The highest BCUT2D eigenvalue weighted by atomic mass is 35.5. The largest absolute Gasteiger partial charge is 0.478 e. The maximum Gasteiger partial charge on any atom is 0.335 e. The van der Waals surface area contributed by atoms with Crippen molar-refractivity contribution in [3.8, 4) is 0 Å². The Hall–Kier alpha value is -2.15. The van der Waals surface area contributed by atoms with Crippen LogP contribution in [0.5, 0.6) is 0 Å². The Balaban J connectivity index is 2.13. The Bertz CT molecular complexity index is 861. The van der Waals surface area contributed by atoms with Crippen molar-refractivity contribution in [2.75, 3.05) is 5.32 Å². The van der Waals surface area contributed by atoms with Gasteiger partial charge in [0.25, 0.3) is 5.91 Å². The van der Waals surface area contributed by atoms with Gasteiger partial charge in [-0.1, -0.05) is 29.3 Å². The summed E-state index contributed by atoms with van der Waals surface area (Å²) in [5.41, 5.74) is 2.70. The zero-order chi connectivity index (χ0) is 18.7. The monoisotopic (exact) mass is 396 g/mol.